The van der Waals surface area contributed by atoms with Crippen LogP contribution in [0.15, 0.2) is 0 Å². The van der Waals surface area contributed by atoms with Gasteiger partial charge in [0.15, 0.2) is 0 Å². The SMILES string of the molecule is CC(=O)O[C@H]1CC[C@]2(C)CC[C@@H]3[C@H](OC(=O)[C@H]3C)[C@H]2[C@]1(C)O. The van der Waals surface area contributed by atoms with Gasteiger partial charge in [-0.25, -0.2) is 0 Å². The first-order valence-corrected chi connectivity index (χ1v) is 8.27. The van der Waals surface area contributed by atoms with E-state index in [0.717, 1.165) is 19.3 Å². The maximum Gasteiger partial charge on any atom is 0.309 e. The van der Waals surface area contributed by atoms with Crippen molar-refractivity contribution in [3.63, 3.8) is 0 Å². The molecular formula is C17H26O5. The first-order chi connectivity index (χ1) is 10.2. The molecule has 22 heavy (non-hydrogen) atoms. The smallest absolute Gasteiger partial charge is 0.309 e. The van der Waals surface area contributed by atoms with E-state index in [0.29, 0.717) is 6.42 Å². The number of hydrogen-bond donors (Lipinski definition) is 1. The normalized spacial score (nSPS) is 50.8. The Kier molecular flexibility index (Phi) is 3.55. The third-order valence-corrected chi connectivity index (χ3v) is 6.38. The molecule has 0 unspecified atom stereocenters. The number of hydrogen-bond acceptors (Lipinski definition) is 5. The van der Waals surface area contributed by atoms with Gasteiger partial charge in [0.2, 0.25) is 0 Å². The molecule has 5 nitrogen and oxygen atoms in total. The van der Waals surface area contributed by atoms with Gasteiger partial charge in [-0.15, -0.1) is 0 Å². The molecule has 3 rings (SSSR count). The summed E-state index contributed by atoms with van der Waals surface area (Å²) in [6.07, 6.45) is 2.66. The largest absolute Gasteiger partial charge is 0.461 e. The van der Waals surface area contributed by atoms with Gasteiger partial charge in [-0.1, -0.05) is 13.8 Å². The van der Waals surface area contributed by atoms with Crippen LogP contribution in [0.5, 0.6) is 0 Å². The quantitative estimate of drug-likeness (QED) is 0.751. The summed E-state index contributed by atoms with van der Waals surface area (Å²) in [5.41, 5.74) is -1.25. The number of fused-ring (bicyclic) bond motifs is 3. The minimum atomic E-state index is -1.17. The molecule has 0 amide bonds. The number of carbonyl (C=O) groups is 2. The van der Waals surface area contributed by atoms with Crippen molar-refractivity contribution in [1.82, 2.24) is 0 Å². The van der Waals surface area contributed by atoms with Crippen LogP contribution >= 0.6 is 0 Å². The summed E-state index contributed by atoms with van der Waals surface area (Å²) >= 11 is 0. The van der Waals surface area contributed by atoms with Gasteiger partial charge in [0, 0.05) is 18.8 Å². The maximum absolute atomic E-state index is 12.0. The predicted octanol–water partition coefficient (Wildman–Crippen LogP) is 2.06. The Morgan fingerprint density at radius 3 is 2.59 bits per heavy atom. The number of ether oxygens (including phenoxy) is 2. The summed E-state index contributed by atoms with van der Waals surface area (Å²) in [4.78, 5) is 23.4. The van der Waals surface area contributed by atoms with Crippen molar-refractivity contribution < 1.29 is 24.2 Å². The predicted molar refractivity (Wildman–Crippen MR) is 78.8 cm³/mol. The van der Waals surface area contributed by atoms with Gasteiger partial charge in [-0.05, 0) is 38.0 Å². The monoisotopic (exact) mass is 310 g/mol. The van der Waals surface area contributed by atoms with E-state index in [1.165, 1.54) is 6.92 Å². The van der Waals surface area contributed by atoms with Crippen LogP contribution in [-0.2, 0) is 19.1 Å². The molecule has 2 aliphatic carbocycles. The Morgan fingerprint density at radius 1 is 1.32 bits per heavy atom. The zero-order valence-electron chi connectivity index (χ0n) is 13.8. The summed E-state index contributed by atoms with van der Waals surface area (Å²) < 4.78 is 11.0. The van der Waals surface area contributed by atoms with Crippen LogP contribution in [0.2, 0.25) is 0 Å². The third-order valence-electron chi connectivity index (χ3n) is 6.38. The minimum Gasteiger partial charge on any atom is -0.461 e. The molecule has 7 atom stereocenters. The van der Waals surface area contributed by atoms with E-state index in [2.05, 4.69) is 6.92 Å². The highest BCUT2D eigenvalue weighted by atomic mass is 16.6. The molecular weight excluding hydrogens is 284 g/mol. The molecule has 3 fully saturated rings. The summed E-state index contributed by atoms with van der Waals surface area (Å²) in [6.45, 7) is 7.19. The molecule has 1 N–H and O–H groups in total. The van der Waals surface area contributed by atoms with Gasteiger partial charge < -0.3 is 14.6 Å². The zero-order valence-corrected chi connectivity index (χ0v) is 13.8. The van der Waals surface area contributed by atoms with Gasteiger partial charge in [0.25, 0.3) is 0 Å². The van der Waals surface area contributed by atoms with E-state index in [-0.39, 0.29) is 41.2 Å². The van der Waals surface area contributed by atoms with Crippen molar-refractivity contribution in [3.05, 3.63) is 0 Å². The Bertz CT molecular complexity index is 499. The second kappa shape index (κ2) is 4.95. The highest BCUT2D eigenvalue weighted by Gasteiger charge is 2.64. The molecule has 1 saturated heterocycles. The highest BCUT2D eigenvalue weighted by Crippen LogP contribution is 2.59. The van der Waals surface area contributed by atoms with Crippen LogP contribution < -0.4 is 0 Å². The molecule has 0 aromatic rings. The van der Waals surface area contributed by atoms with E-state index in [1.54, 1.807) is 6.92 Å². The molecule has 5 heteroatoms. The molecule has 1 aliphatic heterocycles. The average Bonchev–Trinajstić information content (AvgIpc) is 2.68. The van der Waals surface area contributed by atoms with Gasteiger partial charge in [0.1, 0.15) is 17.8 Å². The number of carbonyl (C=O) groups excluding carboxylic acids is 2. The minimum absolute atomic E-state index is 0.0777. The van der Waals surface area contributed by atoms with Crippen LogP contribution in [0.1, 0.15) is 53.4 Å². The van der Waals surface area contributed by atoms with Crippen molar-refractivity contribution in [3.8, 4) is 0 Å². The van der Waals surface area contributed by atoms with E-state index in [4.69, 9.17) is 9.47 Å². The van der Waals surface area contributed by atoms with E-state index in [9.17, 15) is 14.7 Å². The van der Waals surface area contributed by atoms with Crippen molar-refractivity contribution >= 4 is 11.9 Å². The maximum atomic E-state index is 12.0. The standard InChI is InChI=1S/C17H26O5/c1-9-11-5-7-16(3)8-6-12(21-10(2)18)17(4,20)14(16)13(11)22-15(9)19/h9,11-14,20H,5-8H2,1-4H3/t9-,11-,12-,13-,14+,16-,17+/m0/s1. The first kappa shape index (κ1) is 15.8. The molecule has 0 radical (unpaired) electrons. The molecule has 0 aromatic heterocycles. The van der Waals surface area contributed by atoms with Crippen molar-refractivity contribution in [2.75, 3.05) is 0 Å². The van der Waals surface area contributed by atoms with E-state index in [1.807, 2.05) is 6.92 Å². The lowest BCUT2D eigenvalue weighted by atomic mass is 9.51. The zero-order chi connectivity index (χ0) is 16.3. The topological polar surface area (TPSA) is 72.8 Å². The fraction of sp³-hybridized carbons (Fsp3) is 0.882. The molecule has 124 valence electrons. The second-order valence-corrected chi connectivity index (χ2v) is 7.89. The lowest BCUT2D eigenvalue weighted by molar-refractivity contribution is -0.228. The van der Waals surface area contributed by atoms with Crippen molar-refractivity contribution in [1.29, 1.82) is 0 Å². The van der Waals surface area contributed by atoms with E-state index >= 15 is 0 Å². The number of aliphatic hydroxyl groups is 1. The van der Waals surface area contributed by atoms with Crippen LogP contribution in [-0.4, -0.2) is 34.9 Å². The van der Waals surface area contributed by atoms with Gasteiger partial charge in [-0.2, -0.15) is 0 Å². The fourth-order valence-electron chi connectivity index (χ4n) is 5.22. The molecule has 0 bridgehead atoms. The van der Waals surface area contributed by atoms with Crippen LogP contribution in [0.4, 0.5) is 0 Å². The molecule has 0 aromatic carbocycles. The Morgan fingerprint density at radius 2 is 1.95 bits per heavy atom. The fourth-order valence-corrected chi connectivity index (χ4v) is 5.22. The average molecular weight is 310 g/mol. The molecule has 0 spiro atoms. The highest BCUT2D eigenvalue weighted by molar-refractivity contribution is 5.75. The first-order valence-electron chi connectivity index (χ1n) is 8.27. The van der Waals surface area contributed by atoms with Crippen LogP contribution in [0.3, 0.4) is 0 Å². The van der Waals surface area contributed by atoms with Gasteiger partial charge in [-0.3, -0.25) is 9.59 Å². The van der Waals surface area contributed by atoms with E-state index < -0.39 is 11.7 Å². The Hall–Kier alpha value is -1.10. The summed E-state index contributed by atoms with van der Waals surface area (Å²) in [5.74, 6) is -0.680. The lowest BCUT2D eigenvalue weighted by Crippen LogP contribution is -2.64. The van der Waals surface area contributed by atoms with Gasteiger partial charge >= 0.3 is 11.9 Å². The molecule has 2 saturated carbocycles. The third kappa shape index (κ3) is 2.16. The van der Waals surface area contributed by atoms with Gasteiger partial charge in [0.05, 0.1) is 5.92 Å². The number of esters is 2. The number of rotatable bonds is 1. The van der Waals surface area contributed by atoms with Crippen LogP contribution in [0, 0.1) is 23.2 Å². The van der Waals surface area contributed by atoms with Crippen molar-refractivity contribution in [2.24, 2.45) is 23.2 Å². The molecule has 1 heterocycles. The lowest BCUT2D eigenvalue weighted by Gasteiger charge is -2.57. The Balaban J connectivity index is 1.95. The second-order valence-electron chi connectivity index (χ2n) is 7.89. The molecule has 3 aliphatic rings. The Labute approximate surface area is 131 Å². The summed E-state index contributed by atoms with van der Waals surface area (Å²) in [5, 5.41) is 11.2. The summed E-state index contributed by atoms with van der Waals surface area (Å²) in [7, 11) is 0. The van der Waals surface area contributed by atoms with Crippen LogP contribution in [0.25, 0.3) is 0 Å². The summed E-state index contributed by atoms with van der Waals surface area (Å²) in [6, 6.07) is 0. The van der Waals surface area contributed by atoms with Crippen molar-refractivity contribution in [2.45, 2.75) is 71.2 Å².